The average molecular weight is 493 g/mol. The predicted octanol–water partition coefficient (Wildman–Crippen LogP) is 4.04. The Morgan fingerprint density at radius 2 is 1.69 bits per heavy atom. The van der Waals surface area contributed by atoms with E-state index < -0.39 is 17.2 Å². The maximum atomic E-state index is 14.4. The summed E-state index contributed by atoms with van der Waals surface area (Å²) in [5, 5.41) is 5.64. The largest absolute Gasteiger partial charge is 0.404 e. The topological polar surface area (TPSA) is 75.5 Å². The molecule has 1 aliphatic rings. The Balaban J connectivity index is 1.40. The van der Waals surface area contributed by atoms with Crippen LogP contribution in [0.4, 0.5) is 20.4 Å². The van der Waals surface area contributed by atoms with Gasteiger partial charge < -0.3 is 19.6 Å². The Morgan fingerprint density at radius 1 is 0.972 bits per heavy atom. The summed E-state index contributed by atoms with van der Waals surface area (Å²) < 4.78 is 30.3. The summed E-state index contributed by atoms with van der Waals surface area (Å²) in [6, 6.07) is 10.4. The van der Waals surface area contributed by atoms with Crippen molar-refractivity contribution in [3.05, 3.63) is 76.8 Å². The molecule has 1 fully saturated rings. The molecule has 1 aliphatic heterocycles. The lowest BCUT2D eigenvalue weighted by Gasteiger charge is -2.31. The maximum absolute atomic E-state index is 14.4. The number of hydrogen-bond acceptors (Lipinski definition) is 7. The number of anilines is 2. The van der Waals surface area contributed by atoms with E-state index in [1.54, 1.807) is 31.5 Å². The van der Waals surface area contributed by atoms with Crippen LogP contribution in [0, 0.1) is 11.6 Å². The number of halogens is 2. The maximum Gasteiger partial charge on any atom is 0.259 e. The number of fused-ring (bicyclic) bond motifs is 1. The Labute approximate surface area is 206 Å². The van der Waals surface area contributed by atoms with Crippen LogP contribution in [-0.2, 0) is 6.54 Å². The Hall–Kier alpha value is -3.89. The number of rotatable bonds is 6. The highest BCUT2D eigenvalue weighted by Crippen LogP contribution is 2.27. The zero-order chi connectivity index (χ0) is 25.2. The second kappa shape index (κ2) is 10.00. The van der Waals surface area contributed by atoms with Crippen molar-refractivity contribution in [2.75, 3.05) is 38.5 Å². The number of aromatic nitrogens is 3. The smallest absolute Gasteiger partial charge is 0.259 e. The van der Waals surface area contributed by atoms with E-state index in [4.69, 9.17) is 4.84 Å². The molecule has 8 nitrogen and oxygen atoms in total. The number of likely N-dealkylation sites (N-methyl/N-ethyl adjacent to an activating group) is 1. The van der Waals surface area contributed by atoms with Gasteiger partial charge in [0.25, 0.3) is 5.56 Å². The summed E-state index contributed by atoms with van der Waals surface area (Å²) in [4.78, 5) is 30.1. The van der Waals surface area contributed by atoms with Crippen LogP contribution in [-0.4, -0.2) is 57.7 Å². The number of hydroxylamine groups is 2. The molecule has 0 unspecified atom stereocenters. The molecule has 5 rings (SSSR count). The third-order valence-corrected chi connectivity index (χ3v) is 6.22. The number of nitrogens with zero attached hydrogens (tertiary/aromatic N) is 5. The molecule has 0 spiro atoms. The number of benzene rings is 1. The first-order chi connectivity index (χ1) is 17.4. The van der Waals surface area contributed by atoms with Crippen LogP contribution < -0.4 is 15.7 Å². The molecular formula is C26H26F2N6O2. The Morgan fingerprint density at radius 3 is 2.36 bits per heavy atom. The molecule has 1 saturated heterocycles. The van der Waals surface area contributed by atoms with Crippen LogP contribution >= 0.6 is 0 Å². The molecule has 4 heterocycles. The van der Waals surface area contributed by atoms with E-state index in [9.17, 15) is 13.6 Å². The van der Waals surface area contributed by atoms with Gasteiger partial charge in [-0.1, -0.05) is 6.07 Å². The second-order valence-corrected chi connectivity index (χ2v) is 8.66. The van der Waals surface area contributed by atoms with E-state index in [2.05, 4.69) is 27.2 Å². The van der Waals surface area contributed by atoms with Crippen molar-refractivity contribution < 1.29 is 13.6 Å². The van der Waals surface area contributed by atoms with E-state index in [1.165, 1.54) is 16.7 Å². The first-order valence-corrected chi connectivity index (χ1v) is 11.8. The van der Waals surface area contributed by atoms with E-state index in [0.29, 0.717) is 34.8 Å². The lowest BCUT2D eigenvalue weighted by molar-refractivity contribution is -0.0851. The van der Waals surface area contributed by atoms with Crippen LogP contribution in [0.2, 0.25) is 0 Å². The fourth-order valence-electron chi connectivity index (χ4n) is 4.26. The fraction of sp³-hybridized carbons (Fsp3) is 0.269. The standard InChI is InChI=1S/C26H26F2N6O2/c1-3-34-22-14-24(31-23-8-7-18(16-30-23)36-33-11-9-32(2)10-12-33)29-15-17(22)13-19(26(34)35)25-20(27)5-4-6-21(25)28/h4-8,13-16H,3,9-12H2,1-2H3,(H,29,30,31). The van der Waals surface area contributed by atoms with Crippen LogP contribution in [0.5, 0.6) is 5.75 Å². The summed E-state index contributed by atoms with van der Waals surface area (Å²) in [6.07, 6.45) is 3.20. The minimum atomic E-state index is -0.786. The Kier molecular flexibility index (Phi) is 6.62. The summed E-state index contributed by atoms with van der Waals surface area (Å²) in [5.74, 6) is 0.111. The lowest BCUT2D eigenvalue weighted by Crippen LogP contribution is -2.45. The summed E-state index contributed by atoms with van der Waals surface area (Å²) in [5.41, 5.74) is -0.262. The summed E-state index contributed by atoms with van der Waals surface area (Å²) >= 11 is 0. The molecule has 0 amide bonds. The SMILES string of the molecule is CCn1c(=O)c(-c2c(F)cccc2F)cc2cnc(Nc3ccc(ON4CCN(C)CC4)cn3)cc21. The summed E-state index contributed by atoms with van der Waals surface area (Å²) in [7, 11) is 2.09. The molecule has 1 N–H and O–H groups in total. The van der Waals surface area contributed by atoms with Crippen LogP contribution in [0.1, 0.15) is 6.92 Å². The normalized spacial score (nSPS) is 14.8. The molecule has 0 saturated carbocycles. The second-order valence-electron chi connectivity index (χ2n) is 8.66. The van der Waals surface area contributed by atoms with Gasteiger partial charge in [0.15, 0.2) is 5.75 Å². The number of pyridine rings is 3. The van der Waals surface area contributed by atoms with Crippen molar-refractivity contribution in [2.45, 2.75) is 13.5 Å². The number of hydrogen-bond donors (Lipinski definition) is 1. The van der Waals surface area contributed by atoms with Crippen LogP contribution in [0.15, 0.2) is 59.7 Å². The van der Waals surface area contributed by atoms with Gasteiger partial charge in [-0.2, -0.15) is 0 Å². The number of piperazine rings is 1. The van der Waals surface area contributed by atoms with Crippen molar-refractivity contribution in [3.63, 3.8) is 0 Å². The number of nitrogens with one attached hydrogen (secondary N) is 1. The molecule has 0 atom stereocenters. The first kappa shape index (κ1) is 23.8. The zero-order valence-electron chi connectivity index (χ0n) is 20.0. The highest BCUT2D eigenvalue weighted by molar-refractivity contribution is 5.85. The monoisotopic (exact) mass is 492 g/mol. The molecule has 10 heteroatoms. The quantitative estimate of drug-likeness (QED) is 0.435. The zero-order valence-corrected chi connectivity index (χ0v) is 20.0. The molecule has 3 aromatic heterocycles. The molecule has 4 aromatic rings. The van der Waals surface area contributed by atoms with Crippen LogP contribution in [0.3, 0.4) is 0 Å². The molecule has 36 heavy (non-hydrogen) atoms. The van der Waals surface area contributed by atoms with Gasteiger partial charge in [-0.05, 0) is 44.3 Å². The predicted molar refractivity (Wildman–Crippen MR) is 134 cm³/mol. The van der Waals surface area contributed by atoms with Gasteiger partial charge in [0, 0.05) is 50.4 Å². The third-order valence-electron chi connectivity index (χ3n) is 6.22. The van der Waals surface area contributed by atoms with E-state index in [0.717, 1.165) is 38.3 Å². The average Bonchev–Trinajstić information content (AvgIpc) is 2.87. The molecule has 0 aliphatic carbocycles. The van der Waals surface area contributed by atoms with Gasteiger partial charge >= 0.3 is 0 Å². The van der Waals surface area contributed by atoms with Crippen LogP contribution in [0.25, 0.3) is 22.0 Å². The van der Waals surface area contributed by atoms with E-state index in [-0.39, 0.29) is 11.1 Å². The highest BCUT2D eigenvalue weighted by atomic mass is 19.1. The van der Waals surface area contributed by atoms with Gasteiger partial charge in [-0.15, -0.1) is 5.06 Å². The minimum absolute atomic E-state index is 0.0416. The molecule has 186 valence electrons. The lowest BCUT2D eigenvalue weighted by atomic mass is 10.0. The first-order valence-electron chi connectivity index (χ1n) is 11.8. The van der Waals surface area contributed by atoms with Crippen molar-refractivity contribution in [1.82, 2.24) is 24.5 Å². The van der Waals surface area contributed by atoms with Gasteiger partial charge in [-0.3, -0.25) is 4.79 Å². The summed E-state index contributed by atoms with van der Waals surface area (Å²) in [6.45, 7) is 5.65. The molecule has 0 radical (unpaired) electrons. The van der Waals surface area contributed by atoms with Crippen molar-refractivity contribution >= 4 is 22.5 Å². The third kappa shape index (κ3) is 4.77. The molecule has 0 bridgehead atoms. The van der Waals surface area contributed by atoms with Crippen molar-refractivity contribution in [3.8, 4) is 16.9 Å². The van der Waals surface area contributed by atoms with Crippen molar-refractivity contribution in [1.29, 1.82) is 0 Å². The number of aryl methyl sites for hydroxylation is 1. The fourth-order valence-corrected chi connectivity index (χ4v) is 4.26. The van der Waals surface area contributed by atoms with Gasteiger partial charge in [0.05, 0.1) is 22.8 Å². The van der Waals surface area contributed by atoms with Gasteiger partial charge in [0.1, 0.15) is 23.3 Å². The van der Waals surface area contributed by atoms with Gasteiger partial charge in [0.2, 0.25) is 0 Å². The van der Waals surface area contributed by atoms with E-state index >= 15 is 0 Å². The minimum Gasteiger partial charge on any atom is -0.404 e. The van der Waals surface area contributed by atoms with Gasteiger partial charge in [-0.25, -0.2) is 18.7 Å². The van der Waals surface area contributed by atoms with E-state index in [1.807, 2.05) is 11.1 Å². The molecular weight excluding hydrogens is 466 g/mol. The molecule has 1 aromatic carbocycles. The highest BCUT2D eigenvalue weighted by Gasteiger charge is 2.18. The Bertz CT molecular complexity index is 1430. The van der Waals surface area contributed by atoms with Crippen molar-refractivity contribution in [2.24, 2.45) is 0 Å².